The zero-order chi connectivity index (χ0) is 17.0. The maximum absolute atomic E-state index is 4.84. The number of hydrogen-bond donors (Lipinski definition) is 0. The molecule has 0 amide bonds. The fourth-order valence-electron chi connectivity index (χ4n) is 3.38. The number of rotatable bonds is 4. The molecule has 4 heterocycles. The molecule has 2 atom stereocenters. The molecule has 1 fully saturated rings. The Bertz CT molecular complexity index is 1050. The Balaban J connectivity index is 1.53. The Morgan fingerprint density at radius 2 is 2.12 bits per heavy atom. The van der Waals surface area contributed by atoms with Crippen LogP contribution in [0, 0.1) is 6.92 Å². The molecular formula is C17H17N7S. The van der Waals surface area contributed by atoms with E-state index in [0.29, 0.717) is 11.8 Å². The summed E-state index contributed by atoms with van der Waals surface area (Å²) in [5, 5.41) is 19.9. The molecule has 0 radical (unpaired) electrons. The minimum atomic E-state index is 0.489. The summed E-state index contributed by atoms with van der Waals surface area (Å²) < 4.78 is 8.03. The van der Waals surface area contributed by atoms with E-state index in [2.05, 4.69) is 32.9 Å². The maximum atomic E-state index is 4.84. The third-order valence-electron chi connectivity index (χ3n) is 4.83. The van der Waals surface area contributed by atoms with Gasteiger partial charge in [-0.1, -0.05) is 0 Å². The van der Waals surface area contributed by atoms with Gasteiger partial charge in [0.15, 0.2) is 11.5 Å². The first kappa shape index (κ1) is 14.7. The van der Waals surface area contributed by atoms with E-state index in [-0.39, 0.29) is 0 Å². The molecule has 0 aliphatic heterocycles. The van der Waals surface area contributed by atoms with Crippen molar-refractivity contribution in [3.05, 3.63) is 46.9 Å². The Labute approximate surface area is 148 Å². The zero-order valence-corrected chi connectivity index (χ0v) is 14.8. The summed E-state index contributed by atoms with van der Waals surface area (Å²) in [7, 11) is 0. The lowest BCUT2D eigenvalue weighted by molar-refractivity contribution is 0.650. The highest BCUT2D eigenvalue weighted by Gasteiger charge is 2.42. The normalized spacial score (nSPS) is 19.6. The van der Waals surface area contributed by atoms with Gasteiger partial charge in [0.25, 0.3) is 0 Å². The van der Waals surface area contributed by atoms with E-state index in [1.807, 2.05) is 29.9 Å². The van der Waals surface area contributed by atoms with Crippen molar-refractivity contribution in [1.82, 2.24) is 34.0 Å². The van der Waals surface area contributed by atoms with Crippen LogP contribution >= 0.6 is 11.5 Å². The summed E-state index contributed by atoms with van der Waals surface area (Å²) in [6.07, 6.45) is 3.13. The number of hydrogen-bond acceptors (Lipinski definition) is 6. The van der Waals surface area contributed by atoms with Gasteiger partial charge in [0.2, 0.25) is 0 Å². The lowest BCUT2D eigenvalue weighted by Crippen LogP contribution is -2.03. The molecule has 25 heavy (non-hydrogen) atoms. The third kappa shape index (κ3) is 2.36. The molecular weight excluding hydrogens is 334 g/mol. The number of fused-ring (bicyclic) bond motifs is 1. The molecule has 2 unspecified atom stereocenters. The summed E-state index contributed by atoms with van der Waals surface area (Å²) in [5.41, 5.74) is 5.18. The smallest absolute Gasteiger partial charge is 0.177 e. The van der Waals surface area contributed by atoms with Crippen molar-refractivity contribution in [2.24, 2.45) is 0 Å². The van der Waals surface area contributed by atoms with E-state index >= 15 is 0 Å². The van der Waals surface area contributed by atoms with Crippen LogP contribution in [0.5, 0.6) is 0 Å². The summed E-state index contributed by atoms with van der Waals surface area (Å²) in [5.74, 6) is 1.83. The van der Waals surface area contributed by atoms with E-state index < -0.39 is 0 Å². The first-order valence-corrected chi connectivity index (χ1v) is 9.24. The molecule has 1 saturated carbocycles. The maximum Gasteiger partial charge on any atom is 0.177 e. The summed E-state index contributed by atoms with van der Waals surface area (Å²) >= 11 is 1.52. The molecule has 126 valence electrons. The molecule has 4 aromatic rings. The van der Waals surface area contributed by atoms with Crippen molar-refractivity contribution in [2.75, 3.05) is 0 Å². The third-order valence-corrected chi connectivity index (χ3v) is 5.43. The van der Waals surface area contributed by atoms with E-state index in [9.17, 15) is 0 Å². The molecule has 0 spiro atoms. The second kappa shape index (κ2) is 5.45. The number of nitrogens with zero attached hydrogens (tertiary/aromatic N) is 7. The number of aryl methyl sites for hydroxylation is 2. The highest BCUT2D eigenvalue weighted by molar-refractivity contribution is 7.03. The Morgan fingerprint density at radius 3 is 2.92 bits per heavy atom. The SMILES string of the molecule is CCn1nc(C2CC2c2cnsc2)cc1-c1ccc2nnc(C)n2n1. The van der Waals surface area contributed by atoms with Crippen LogP contribution in [0.4, 0.5) is 0 Å². The highest BCUT2D eigenvalue weighted by atomic mass is 32.1. The van der Waals surface area contributed by atoms with Crippen molar-refractivity contribution in [2.45, 2.75) is 38.6 Å². The van der Waals surface area contributed by atoms with Gasteiger partial charge in [0, 0.05) is 24.0 Å². The molecule has 7 nitrogen and oxygen atoms in total. The molecule has 0 N–H and O–H groups in total. The highest BCUT2D eigenvalue weighted by Crippen LogP contribution is 2.54. The fourth-order valence-corrected chi connectivity index (χ4v) is 3.99. The van der Waals surface area contributed by atoms with Crippen molar-refractivity contribution >= 4 is 17.2 Å². The minimum absolute atomic E-state index is 0.489. The van der Waals surface area contributed by atoms with Crippen LogP contribution in [0.25, 0.3) is 17.0 Å². The van der Waals surface area contributed by atoms with Gasteiger partial charge in [-0.15, -0.1) is 10.2 Å². The van der Waals surface area contributed by atoms with Gasteiger partial charge in [-0.25, -0.2) is 4.37 Å². The lowest BCUT2D eigenvalue weighted by atomic mass is 10.1. The quantitative estimate of drug-likeness (QED) is 0.565. The Hall–Kier alpha value is -2.61. The molecule has 4 aromatic heterocycles. The van der Waals surface area contributed by atoms with E-state index in [1.165, 1.54) is 17.1 Å². The number of aromatic nitrogens is 7. The minimum Gasteiger partial charge on any atom is -0.263 e. The van der Waals surface area contributed by atoms with Crippen LogP contribution in [-0.4, -0.2) is 34.0 Å². The molecule has 8 heteroatoms. The summed E-state index contributed by atoms with van der Waals surface area (Å²) in [6.45, 7) is 4.83. The monoisotopic (exact) mass is 351 g/mol. The van der Waals surface area contributed by atoms with E-state index in [0.717, 1.165) is 41.5 Å². The van der Waals surface area contributed by atoms with Gasteiger partial charge < -0.3 is 0 Å². The van der Waals surface area contributed by atoms with Crippen molar-refractivity contribution < 1.29 is 0 Å². The molecule has 5 rings (SSSR count). The first-order valence-electron chi connectivity index (χ1n) is 8.41. The van der Waals surface area contributed by atoms with Gasteiger partial charge in [0.05, 0.1) is 11.4 Å². The van der Waals surface area contributed by atoms with Crippen LogP contribution in [0.2, 0.25) is 0 Å². The van der Waals surface area contributed by atoms with E-state index in [1.54, 1.807) is 4.52 Å². The molecule has 1 aliphatic carbocycles. The van der Waals surface area contributed by atoms with Crippen molar-refractivity contribution in [3.63, 3.8) is 0 Å². The van der Waals surface area contributed by atoms with E-state index in [4.69, 9.17) is 10.2 Å². The lowest BCUT2D eigenvalue weighted by Gasteiger charge is -2.04. The second-order valence-corrected chi connectivity index (χ2v) is 7.07. The van der Waals surface area contributed by atoms with Crippen LogP contribution in [0.3, 0.4) is 0 Å². The molecule has 0 saturated heterocycles. The van der Waals surface area contributed by atoms with Crippen molar-refractivity contribution in [3.8, 4) is 11.4 Å². The first-order chi connectivity index (χ1) is 12.2. The van der Waals surface area contributed by atoms with Crippen LogP contribution in [-0.2, 0) is 6.54 Å². The van der Waals surface area contributed by atoms with Gasteiger partial charge in [-0.3, -0.25) is 4.68 Å². The van der Waals surface area contributed by atoms with Gasteiger partial charge in [0.1, 0.15) is 5.69 Å². The van der Waals surface area contributed by atoms with Crippen LogP contribution < -0.4 is 0 Å². The summed E-state index contributed by atoms with van der Waals surface area (Å²) in [4.78, 5) is 0. The van der Waals surface area contributed by atoms with Gasteiger partial charge in [-0.2, -0.15) is 14.7 Å². The average Bonchev–Trinajstić information content (AvgIpc) is 3.03. The standard InChI is InChI=1S/C17H17N7S/c1-3-23-16(14-4-5-17-20-19-10(2)24(17)22-14)7-15(21-23)13-6-12(13)11-8-18-25-9-11/h4-5,7-9,12-13H,3,6H2,1-2H3. The van der Waals surface area contributed by atoms with Gasteiger partial charge in [-0.05, 0) is 61.5 Å². The van der Waals surface area contributed by atoms with Crippen LogP contribution in [0.15, 0.2) is 29.8 Å². The Morgan fingerprint density at radius 1 is 1.20 bits per heavy atom. The topological polar surface area (TPSA) is 73.8 Å². The Kier molecular flexibility index (Phi) is 3.21. The molecule has 1 aliphatic rings. The van der Waals surface area contributed by atoms with Crippen molar-refractivity contribution in [1.29, 1.82) is 0 Å². The zero-order valence-electron chi connectivity index (χ0n) is 14.0. The average molecular weight is 351 g/mol. The summed E-state index contributed by atoms with van der Waals surface area (Å²) in [6, 6.07) is 6.12. The fraction of sp³-hybridized carbons (Fsp3) is 0.353. The van der Waals surface area contributed by atoms with Crippen LogP contribution in [0.1, 0.15) is 42.3 Å². The molecule has 0 aromatic carbocycles. The van der Waals surface area contributed by atoms with Gasteiger partial charge >= 0.3 is 0 Å². The predicted octanol–water partition coefficient (Wildman–Crippen LogP) is 3.04. The molecule has 0 bridgehead atoms. The largest absolute Gasteiger partial charge is 0.263 e. The predicted molar refractivity (Wildman–Crippen MR) is 94.6 cm³/mol. The second-order valence-electron chi connectivity index (χ2n) is 6.41.